The van der Waals surface area contributed by atoms with E-state index >= 15 is 0 Å². The highest BCUT2D eigenvalue weighted by Crippen LogP contribution is 2.59. The van der Waals surface area contributed by atoms with E-state index in [1.165, 1.54) is 6.07 Å². The van der Waals surface area contributed by atoms with E-state index in [0.717, 1.165) is 64.2 Å². The van der Waals surface area contributed by atoms with Crippen molar-refractivity contribution in [2.75, 3.05) is 90.8 Å². The van der Waals surface area contributed by atoms with Gasteiger partial charge in [-0.1, -0.05) is 59.4 Å². The molecule has 4 aliphatic rings. The highest BCUT2D eigenvalue weighted by molar-refractivity contribution is 6.18. The number of amides is 4. The number of carbonyl (C=O) groups excluding carboxylic acids is 10. The third-order valence-electron chi connectivity index (χ3n) is 20.3. The summed E-state index contributed by atoms with van der Waals surface area (Å²) in [6.45, 7) is 26.8. The quantitative estimate of drug-likeness (QED) is 0.0120. The second kappa shape index (κ2) is 46.8. The van der Waals surface area contributed by atoms with Crippen LogP contribution in [0.15, 0.2) is 109 Å². The average molecular weight is 1760 g/mol. The molecule has 0 aliphatic carbocycles. The van der Waals surface area contributed by atoms with Crippen LogP contribution in [0.1, 0.15) is 275 Å². The van der Waals surface area contributed by atoms with E-state index in [0.29, 0.717) is 168 Å². The molecule has 0 unspecified atom stereocenters. The summed E-state index contributed by atoms with van der Waals surface area (Å²) in [6, 6.07) is 29.0. The minimum atomic E-state index is -1.56. The van der Waals surface area contributed by atoms with Crippen molar-refractivity contribution < 1.29 is 105 Å². The molecule has 0 atom stereocenters. The number of benzene rings is 6. The van der Waals surface area contributed by atoms with Crippen molar-refractivity contribution in [3.63, 3.8) is 0 Å². The number of alkyl halides is 2. The Morgan fingerprint density at radius 2 is 0.637 bits per heavy atom. The smallest absolute Gasteiger partial charge is 0.340 e. The molecule has 6 aromatic carbocycles. The summed E-state index contributed by atoms with van der Waals surface area (Å²) in [4.78, 5) is 130. The van der Waals surface area contributed by atoms with Crippen LogP contribution in [-0.4, -0.2) is 150 Å². The number of ether oxygens (including phenoxy) is 12. The first-order chi connectivity index (χ1) is 58.1. The van der Waals surface area contributed by atoms with Crippen molar-refractivity contribution in [3.05, 3.63) is 165 Å². The van der Waals surface area contributed by atoms with Crippen molar-refractivity contribution in [1.82, 2.24) is 21.3 Å². The number of unbranched alkanes of at least 4 members (excludes halogenated alkanes) is 10. The zero-order valence-corrected chi connectivity index (χ0v) is 73.9. The molecule has 0 saturated heterocycles. The first kappa shape index (κ1) is 101. The molecule has 124 heavy (non-hydrogen) atoms. The van der Waals surface area contributed by atoms with E-state index in [-0.39, 0.29) is 101 Å². The monoisotopic (exact) mass is 1760 g/mol. The molecule has 4 amide bonds. The first-order valence-electron chi connectivity index (χ1n) is 42.2. The molecular formula is C96H126Cl2N4O22. The van der Waals surface area contributed by atoms with Crippen LogP contribution in [0.3, 0.4) is 0 Å². The standard InChI is InChI=1S/2C47H59ClN2O11.2CH4/c1-45(2,3)43(54)58-32-16-19-36-38(29-32)60-39-30-33(59-44(55)46(4,5)6)17-20-37(39)47(36)35-18-15-31(28-34(35)42(53)61-47)41(52)50-22-12-9-10-14-40(51)49-23-25-57-27-26-56-24-13-8-7-11-21-48;1-45(2,3)43(54)58-32-16-19-35-38(29-32)60-39-30-33(59-44(55)46(4,5)6)17-20-36(39)47(35)37-28-31(15-18-34(37)42(53)61-47)41(52)50-22-12-9-10-14-40(51)49-23-25-57-27-26-56-24-13-8-7-11-21-48;;/h2*15-20,28-30H,7-14,21-27H2,1-6H3,(H,49,51)(H,50,52);2*1H4. The predicted octanol–water partition coefficient (Wildman–Crippen LogP) is 18.1. The van der Waals surface area contributed by atoms with Gasteiger partial charge in [0.1, 0.15) is 46.0 Å². The fourth-order valence-corrected chi connectivity index (χ4v) is 13.8. The maximum atomic E-state index is 13.8. The van der Waals surface area contributed by atoms with Gasteiger partial charge >= 0.3 is 35.8 Å². The van der Waals surface area contributed by atoms with Crippen molar-refractivity contribution in [2.45, 2.75) is 212 Å². The molecule has 10 rings (SSSR count). The van der Waals surface area contributed by atoms with Crippen molar-refractivity contribution in [2.24, 2.45) is 21.7 Å². The van der Waals surface area contributed by atoms with E-state index in [9.17, 15) is 47.9 Å². The molecule has 0 fully saturated rings. The number of fused-ring (bicyclic) bond motifs is 12. The molecule has 4 N–H and O–H groups in total. The Bertz CT molecular complexity index is 4530. The lowest BCUT2D eigenvalue weighted by atomic mass is 9.77. The highest BCUT2D eigenvalue weighted by atomic mass is 35.5. The number of hydrogen-bond acceptors (Lipinski definition) is 22. The fourth-order valence-electron chi connectivity index (χ4n) is 13.4. The Labute approximate surface area is 739 Å². The fraction of sp³-hybridized carbons (Fsp3) is 0.521. The van der Waals surface area contributed by atoms with E-state index in [4.69, 9.17) is 80.0 Å². The van der Waals surface area contributed by atoms with Gasteiger partial charge in [0.25, 0.3) is 11.8 Å². The third kappa shape index (κ3) is 27.5. The SMILES string of the molecule is C.C.CC(C)(C)C(=O)Oc1ccc2c(c1)Oc1cc(OC(=O)C(C)(C)C)ccc1C21OC(=O)c2cc(C(=O)NCCCCCC(=O)NCCOCCOCCCCCCCl)ccc21.CC(C)(C)C(=O)Oc1ccc2c(c1)Oc1cc(OC(=O)C(C)(C)C)ccc1C21OC(=O)c2ccc(C(=O)NCCCCCC(=O)NCCOCCOCCCCCCCl)cc21. The maximum Gasteiger partial charge on any atom is 0.340 e. The molecule has 0 bridgehead atoms. The summed E-state index contributed by atoms with van der Waals surface area (Å²) in [5, 5.41) is 11.6. The van der Waals surface area contributed by atoms with Gasteiger partial charge in [0.05, 0.1) is 72.4 Å². The molecule has 0 radical (unpaired) electrons. The van der Waals surface area contributed by atoms with Crippen LogP contribution >= 0.6 is 23.2 Å². The molecule has 4 heterocycles. The maximum absolute atomic E-state index is 13.8. The molecule has 26 nitrogen and oxygen atoms in total. The summed E-state index contributed by atoms with van der Waals surface area (Å²) in [5.41, 5.74) is -2.35. The number of rotatable bonds is 42. The Hall–Kier alpha value is -9.96. The molecule has 6 aromatic rings. The largest absolute Gasteiger partial charge is 0.456 e. The van der Waals surface area contributed by atoms with Crippen LogP contribution in [0.5, 0.6) is 46.0 Å². The number of hydrogen-bond donors (Lipinski definition) is 4. The second-order valence-electron chi connectivity index (χ2n) is 34.5. The van der Waals surface area contributed by atoms with E-state index < -0.39 is 68.7 Å². The van der Waals surface area contributed by atoms with Gasteiger partial charge in [0, 0.05) is 133 Å². The summed E-state index contributed by atoms with van der Waals surface area (Å²) >= 11 is 11.4. The normalized spacial score (nSPS) is 13.4. The lowest BCUT2D eigenvalue weighted by Gasteiger charge is -2.37. The molecular weight excluding hydrogens is 1630 g/mol. The van der Waals surface area contributed by atoms with E-state index in [1.807, 2.05) is 0 Å². The lowest BCUT2D eigenvalue weighted by molar-refractivity contribution is -0.143. The summed E-state index contributed by atoms with van der Waals surface area (Å²) < 4.78 is 70.2. The predicted molar refractivity (Wildman–Crippen MR) is 472 cm³/mol. The summed E-state index contributed by atoms with van der Waals surface area (Å²) in [6.07, 6.45) is 13.4. The summed E-state index contributed by atoms with van der Waals surface area (Å²) in [7, 11) is 0. The third-order valence-corrected chi connectivity index (χ3v) is 20.8. The summed E-state index contributed by atoms with van der Waals surface area (Å²) in [5.74, 6) is -0.557. The second-order valence-corrected chi connectivity index (χ2v) is 35.3. The highest BCUT2D eigenvalue weighted by Gasteiger charge is 2.56. The van der Waals surface area contributed by atoms with Crippen LogP contribution in [0.25, 0.3) is 0 Å². The topological polar surface area (TPSA) is 330 Å². The Balaban J connectivity index is 0.000000335. The zero-order valence-electron chi connectivity index (χ0n) is 72.3. The van der Waals surface area contributed by atoms with Gasteiger partial charge in [-0.3, -0.25) is 38.4 Å². The number of halogens is 2. The van der Waals surface area contributed by atoms with Crippen LogP contribution < -0.4 is 49.7 Å². The van der Waals surface area contributed by atoms with Gasteiger partial charge in [-0.15, -0.1) is 23.2 Å². The average Bonchev–Trinajstić information content (AvgIpc) is 1.51. The van der Waals surface area contributed by atoms with Crippen molar-refractivity contribution in [1.29, 1.82) is 0 Å². The minimum absolute atomic E-state index is 0. The molecule has 676 valence electrons. The Morgan fingerprint density at radius 1 is 0.323 bits per heavy atom. The van der Waals surface area contributed by atoms with Crippen molar-refractivity contribution >= 4 is 82.6 Å². The molecule has 0 aromatic heterocycles. The Morgan fingerprint density at radius 3 is 1.00 bits per heavy atom. The van der Waals surface area contributed by atoms with Crippen molar-refractivity contribution in [3.8, 4) is 46.0 Å². The van der Waals surface area contributed by atoms with Crippen LogP contribution in [-0.2, 0) is 68.4 Å². The van der Waals surface area contributed by atoms with Gasteiger partial charge < -0.3 is 78.1 Å². The molecule has 4 aliphatic heterocycles. The van der Waals surface area contributed by atoms with Crippen LogP contribution in [0.4, 0.5) is 0 Å². The molecule has 2 spiro atoms. The lowest BCUT2D eigenvalue weighted by Crippen LogP contribution is -2.33. The molecule has 28 heteroatoms. The van der Waals surface area contributed by atoms with Gasteiger partial charge in [-0.05, 0) is 213 Å². The Kier molecular flexibility index (Phi) is 38.2. The van der Waals surface area contributed by atoms with E-state index in [1.54, 1.807) is 186 Å². The number of esters is 6. The van der Waals surface area contributed by atoms with Crippen LogP contribution in [0.2, 0.25) is 0 Å². The minimum Gasteiger partial charge on any atom is -0.456 e. The number of carbonyl (C=O) groups is 10. The molecule has 0 saturated carbocycles. The number of nitrogens with one attached hydrogen (secondary N) is 4. The van der Waals surface area contributed by atoms with E-state index in [2.05, 4.69) is 21.3 Å². The van der Waals surface area contributed by atoms with Crippen LogP contribution in [0, 0.1) is 21.7 Å². The van der Waals surface area contributed by atoms with Gasteiger partial charge in [-0.2, -0.15) is 0 Å². The first-order valence-corrected chi connectivity index (χ1v) is 43.3. The zero-order chi connectivity index (χ0) is 88.4. The van der Waals surface area contributed by atoms with Gasteiger partial charge in [-0.25, -0.2) is 9.59 Å². The van der Waals surface area contributed by atoms with Gasteiger partial charge in [0.15, 0.2) is 11.2 Å². The van der Waals surface area contributed by atoms with Gasteiger partial charge in [0.2, 0.25) is 11.8 Å².